The molecule has 1 aromatic heterocycles. The third-order valence-corrected chi connectivity index (χ3v) is 7.25. The predicted molar refractivity (Wildman–Crippen MR) is 138 cm³/mol. The molecule has 1 unspecified atom stereocenters. The van der Waals surface area contributed by atoms with Crippen LogP contribution in [-0.2, 0) is 16.1 Å². The van der Waals surface area contributed by atoms with Crippen LogP contribution >= 0.6 is 11.6 Å². The van der Waals surface area contributed by atoms with Crippen LogP contribution in [-0.4, -0.2) is 90.7 Å². The number of benzene rings is 2. The molecular formula is C27H33ClN4O3. The lowest BCUT2D eigenvalue weighted by Gasteiger charge is -2.43. The van der Waals surface area contributed by atoms with Crippen molar-refractivity contribution >= 4 is 28.4 Å². The van der Waals surface area contributed by atoms with E-state index in [1.165, 1.54) is 10.9 Å². The first-order chi connectivity index (χ1) is 17.0. The molecule has 186 valence electrons. The molecule has 0 saturated carbocycles. The molecule has 2 saturated heterocycles. The van der Waals surface area contributed by atoms with Crippen molar-refractivity contribution in [2.45, 2.75) is 18.6 Å². The largest absolute Gasteiger partial charge is 0.491 e. The summed E-state index contributed by atoms with van der Waals surface area (Å²) in [6.45, 7) is 6.40. The van der Waals surface area contributed by atoms with Gasteiger partial charge in [0.05, 0.1) is 13.0 Å². The lowest BCUT2D eigenvalue weighted by atomic mass is 9.96. The molecule has 0 spiro atoms. The quantitative estimate of drug-likeness (QED) is 0.541. The van der Waals surface area contributed by atoms with E-state index in [0.29, 0.717) is 31.2 Å². The Morgan fingerprint density at radius 3 is 2.69 bits per heavy atom. The number of carbonyl (C=O) groups excluding carboxylic acids is 1. The van der Waals surface area contributed by atoms with Crippen molar-refractivity contribution in [1.29, 1.82) is 0 Å². The van der Waals surface area contributed by atoms with E-state index < -0.39 is 5.60 Å². The molecule has 0 bridgehead atoms. The van der Waals surface area contributed by atoms with Gasteiger partial charge >= 0.3 is 0 Å². The SMILES string of the molecule is CN1CCN(C(=O)CC2(COc3ccc(Cl)cc3)CN(Cc3ccc4cc[nH]c4c3)CCO2)CC1. The molecule has 1 amide bonds. The van der Waals surface area contributed by atoms with Gasteiger partial charge in [-0.3, -0.25) is 9.69 Å². The van der Waals surface area contributed by atoms with Crippen LogP contribution < -0.4 is 4.74 Å². The number of piperazine rings is 1. The second-order valence-electron chi connectivity index (χ2n) is 9.74. The number of hydrogen-bond acceptors (Lipinski definition) is 5. The van der Waals surface area contributed by atoms with Crippen molar-refractivity contribution in [2.24, 2.45) is 0 Å². The van der Waals surface area contributed by atoms with Gasteiger partial charge in [-0.2, -0.15) is 0 Å². The number of hydrogen-bond donors (Lipinski definition) is 1. The molecule has 1 atom stereocenters. The van der Waals surface area contributed by atoms with Gasteiger partial charge in [0, 0.05) is 62.5 Å². The Balaban J connectivity index is 1.31. The van der Waals surface area contributed by atoms with Crippen LogP contribution in [0.15, 0.2) is 54.7 Å². The molecular weight excluding hydrogens is 464 g/mol. The van der Waals surface area contributed by atoms with Crippen LogP contribution in [0.5, 0.6) is 5.75 Å². The summed E-state index contributed by atoms with van der Waals surface area (Å²) in [5.74, 6) is 0.853. The highest BCUT2D eigenvalue weighted by Gasteiger charge is 2.41. The van der Waals surface area contributed by atoms with Crippen molar-refractivity contribution in [3.63, 3.8) is 0 Å². The van der Waals surface area contributed by atoms with Gasteiger partial charge in [-0.25, -0.2) is 0 Å². The summed E-state index contributed by atoms with van der Waals surface area (Å²) >= 11 is 6.04. The molecule has 0 aliphatic carbocycles. The third-order valence-electron chi connectivity index (χ3n) is 7.00. The minimum absolute atomic E-state index is 0.132. The Labute approximate surface area is 211 Å². The fraction of sp³-hybridized carbons (Fsp3) is 0.444. The van der Waals surface area contributed by atoms with Gasteiger partial charge < -0.3 is 24.3 Å². The van der Waals surface area contributed by atoms with Crippen LogP contribution in [0.1, 0.15) is 12.0 Å². The van der Waals surface area contributed by atoms with Gasteiger partial charge in [-0.15, -0.1) is 0 Å². The minimum Gasteiger partial charge on any atom is -0.491 e. The molecule has 2 aliphatic heterocycles. The first-order valence-corrected chi connectivity index (χ1v) is 12.6. The Hall–Kier alpha value is -2.58. The summed E-state index contributed by atoms with van der Waals surface area (Å²) < 4.78 is 12.5. The lowest BCUT2D eigenvalue weighted by molar-refractivity contribution is -0.157. The number of ether oxygens (including phenoxy) is 2. The minimum atomic E-state index is -0.713. The second kappa shape index (κ2) is 10.6. The molecule has 2 aromatic carbocycles. The molecule has 3 heterocycles. The van der Waals surface area contributed by atoms with Gasteiger partial charge in [0.15, 0.2) is 0 Å². The topological polar surface area (TPSA) is 61.0 Å². The Bertz CT molecular complexity index is 1140. The van der Waals surface area contributed by atoms with Crippen LogP contribution in [0, 0.1) is 0 Å². The lowest BCUT2D eigenvalue weighted by Crippen LogP contribution is -2.58. The number of nitrogens with zero attached hydrogens (tertiary/aromatic N) is 3. The van der Waals surface area contributed by atoms with E-state index in [4.69, 9.17) is 21.1 Å². The average molecular weight is 497 g/mol. The average Bonchev–Trinajstić information content (AvgIpc) is 3.32. The number of fused-ring (bicyclic) bond motifs is 1. The highest BCUT2D eigenvalue weighted by molar-refractivity contribution is 6.30. The van der Waals surface area contributed by atoms with Crippen LogP contribution in [0.3, 0.4) is 0 Å². The number of nitrogens with one attached hydrogen (secondary N) is 1. The van der Waals surface area contributed by atoms with E-state index in [1.54, 1.807) is 0 Å². The first-order valence-electron chi connectivity index (χ1n) is 12.3. The van der Waals surface area contributed by atoms with Gasteiger partial charge in [0.25, 0.3) is 0 Å². The molecule has 2 aliphatic rings. The summed E-state index contributed by atoms with van der Waals surface area (Å²) in [5, 5.41) is 1.87. The zero-order valence-electron chi connectivity index (χ0n) is 20.2. The molecule has 5 rings (SSSR count). The number of aromatic amines is 1. The van der Waals surface area contributed by atoms with Crippen molar-refractivity contribution in [3.8, 4) is 5.75 Å². The molecule has 8 heteroatoms. The van der Waals surface area contributed by atoms with E-state index in [0.717, 1.165) is 50.5 Å². The van der Waals surface area contributed by atoms with Crippen LogP contribution in [0.4, 0.5) is 0 Å². The summed E-state index contributed by atoms with van der Waals surface area (Å²) in [5.41, 5.74) is 1.66. The number of rotatable bonds is 7. The van der Waals surface area contributed by atoms with E-state index in [2.05, 4.69) is 46.1 Å². The summed E-state index contributed by atoms with van der Waals surface area (Å²) in [6, 6.07) is 15.9. The Morgan fingerprint density at radius 2 is 1.89 bits per heavy atom. The molecule has 3 aromatic rings. The molecule has 2 fully saturated rings. The van der Waals surface area contributed by atoms with Gasteiger partial charge in [-0.05, 0) is 54.4 Å². The zero-order valence-corrected chi connectivity index (χ0v) is 21.0. The Kier molecular flexibility index (Phi) is 7.29. The second-order valence-corrected chi connectivity index (χ2v) is 10.2. The van der Waals surface area contributed by atoms with Gasteiger partial charge in [-0.1, -0.05) is 23.7 Å². The maximum Gasteiger partial charge on any atom is 0.225 e. The van der Waals surface area contributed by atoms with Crippen LogP contribution in [0.25, 0.3) is 10.9 Å². The van der Waals surface area contributed by atoms with E-state index in [9.17, 15) is 4.79 Å². The highest BCUT2D eigenvalue weighted by Crippen LogP contribution is 2.27. The van der Waals surface area contributed by atoms with Crippen molar-refractivity contribution in [3.05, 3.63) is 65.3 Å². The monoisotopic (exact) mass is 496 g/mol. The van der Waals surface area contributed by atoms with E-state index in [1.807, 2.05) is 35.4 Å². The maximum atomic E-state index is 13.3. The number of H-pyrrole nitrogens is 1. The number of likely N-dealkylation sites (N-methyl/N-ethyl adjacent to an activating group) is 1. The summed E-state index contributed by atoms with van der Waals surface area (Å²) in [7, 11) is 2.09. The number of aromatic nitrogens is 1. The fourth-order valence-corrected chi connectivity index (χ4v) is 5.07. The molecule has 7 nitrogen and oxygen atoms in total. The predicted octanol–water partition coefficient (Wildman–Crippen LogP) is 3.64. The maximum absolute atomic E-state index is 13.3. The number of halogens is 1. The van der Waals surface area contributed by atoms with Crippen molar-refractivity contribution in [2.75, 3.05) is 59.5 Å². The summed E-state index contributed by atoms with van der Waals surface area (Å²) in [4.78, 5) is 23.2. The van der Waals surface area contributed by atoms with Crippen LogP contribution in [0.2, 0.25) is 5.02 Å². The van der Waals surface area contributed by atoms with E-state index in [-0.39, 0.29) is 5.91 Å². The van der Waals surface area contributed by atoms with Gasteiger partial charge in [0.2, 0.25) is 5.91 Å². The fourth-order valence-electron chi connectivity index (χ4n) is 4.94. The summed E-state index contributed by atoms with van der Waals surface area (Å²) in [6.07, 6.45) is 2.27. The molecule has 35 heavy (non-hydrogen) atoms. The zero-order chi connectivity index (χ0) is 24.3. The number of carbonyl (C=O) groups is 1. The van der Waals surface area contributed by atoms with E-state index >= 15 is 0 Å². The van der Waals surface area contributed by atoms with Gasteiger partial charge in [0.1, 0.15) is 18.0 Å². The smallest absolute Gasteiger partial charge is 0.225 e. The Morgan fingerprint density at radius 1 is 1.09 bits per heavy atom. The normalized spacial score (nSPS) is 21.9. The number of amides is 1. The van der Waals surface area contributed by atoms with Crippen molar-refractivity contribution < 1.29 is 14.3 Å². The molecule has 1 N–H and O–H groups in total. The third kappa shape index (κ3) is 5.98. The van der Waals surface area contributed by atoms with Crippen molar-refractivity contribution in [1.82, 2.24) is 19.7 Å². The number of morpholine rings is 1. The first kappa shape index (κ1) is 24.1. The standard InChI is InChI=1S/C27H33ClN4O3/c1-30-10-12-32(13-11-30)26(33)17-27(20-34-24-6-4-23(28)5-7-24)19-31(14-15-35-27)18-21-2-3-22-8-9-29-25(22)16-21/h2-9,16,29H,10-15,17-20H2,1H3. The molecule has 0 radical (unpaired) electrons. The highest BCUT2D eigenvalue weighted by atomic mass is 35.5.